The highest BCUT2D eigenvalue weighted by molar-refractivity contribution is 5.25. The van der Waals surface area contributed by atoms with E-state index in [9.17, 15) is 8.78 Å². The number of rotatable bonds is 4. The van der Waals surface area contributed by atoms with Crippen molar-refractivity contribution in [2.75, 3.05) is 13.3 Å². The second-order valence-electron chi connectivity index (χ2n) is 2.64. The van der Waals surface area contributed by atoms with Crippen molar-refractivity contribution in [1.29, 1.82) is 0 Å². The van der Waals surface area contributed by atoms with Crippen molar-refractivity contribution < 1.29 is 13.5 Å². The van der Waals surface area contributed by atoms with Crippen LogP contribution in [0.2, 0.25) is 0 Å². The van der Waals surface area contributed by atoms with Crippen molar-refractivity contribution in [1.82, 2.24) is 4.98 Å². The number of pyridine rings is 1. The van der Waals surface area contributed by atoms with Gasteiger partial charge in [0.05, 0.1) is 5.69 Å². The van der Waals surface area contributed by atoms with E-state index in [0.29, 0.717) is 11.4 Å². The third-order valence-electron chi connectivity index (χ3n) is 1.60. The first-order valence-electron chi connectivity index (χ1n) is 3.98. The van der Waals surface area contributed by atoms with Crippen LogP contribution in [0.3, 0.4) is 0 Å². The smallest absolute Gasteiger partial charge is 0.155 e. The minimum Gasteiger partial charge on any atom is -0.483 e. The van der Waals surface area contributed by atoms with Crippen LogP contribution in [0.25, 0.3) is 0 Å². The zero-order valence-corrected chi connectivity index (χ0v) is 7.34. The van der Waals surface area contributed by atoms with E-state index >= 15 is 0 Å². The number of aromatic nitrogens is 1. The van der Waals surface area contributed by atoms with Crippen LogP contribution in [-0.2, 0) is 0 Å². The number of nitrogens with zero attached hydrogens (tertiary/aromatic N) is 1. The Labute approximate surface area is 75.6 Å². The highest BCUT2D eigenvalue weighted by Gasteiger charge is 2.10. The van der Waals surface area contributed by atoms with E-state index < -0.39 is 19.5 Å². The summed E-state index contributed by atoms with van der Waals surface area (Å²) in [5, 5.41) is 0. The third-order valence-corrected chi connectivity index (χ3v) is 1.60. The van der Waals surface area contributed by atoms with Crippen molar-refractivity contribution >= 4 is 0 Å². The molecule has 1 aromatic rings. The van der Waals surface area contributed by atoms with Gasteiger partial charge < -0.3 is 4.74 Å². The van der Waals surface area contributed by atoms with Gasteiger partial charge >= 0.3 is 0 Å². The zero-order chi connectivity index (χ0) is 9.68. The van der Waals surface area contributed by atoms with Gasteiger partial charge in [-0.3, -0.25) is 4.98 Å². The summed E-state index contributed by atoms with van der Waals surface area (Å²) >= 11 is 0. The van der Waals surface area contributed by atoms with Crippen LogP contribution in [0.15, 0.2) is 18.3 Å². The Kier molecular flexibility index (Phi) is 3.61. The first kappa shape index (κ1) is 9.89. The largest absolute Gasteiger partial charge is 0.483 e. The Morgan fingerprint density at radius 2 is 2.15 bits per heavy atom. The van der Waals surface area contributed by atoms with Gasteiger partial charge in [-0.1, -0.05) is 0 Å². The quantitative estimate of drug-likeness (QED) is 0.719. The Hall–Kier alpha value is -1.19. The lowest BCUT2D eigenvalue weighted by molar-refractivity contribution is 0.132. The predicted octanol–water partition coefficient (Wildman–Crippen LogP) is 2.08. The van der Waals surface area contributed by atoms with Crippen molar-refractivity contribution in [2.24, 2.45) is 0 Å². The normalized spacial score (nSPS) is 10.5. The minimum absolute atomic E-state index is 0.433. The molecular weight excluding hydrogens is 176 g/mol. The first-order chi connectivity index (χ1) is 6.27. The summed E-state index contributed by atoms with van der Waals surface area (Å²) < 4.78 is 29.2. The number of hydrogen-bond donors (Lipinski definition) is 0. The molecule has 0 aliphatic carbocycles. The highest BCUT2D eigenvalue weighted by Crippen LogP contribution is 2.15. The van der Waals surface area contributed by atoms with E-state index in [1.165, 1.54) is 0 Å². The predicted molar refractivity (Wildman–Crippen MR) is 45.3 cm³/mol. The molecule has 2 nitrogen and oxygen atoms in total. The molecule has 0 saturated carbocycles. The lowest BCUT2D eigenvalue weighted by Crippen LogP contribution is -2.21. The first-order valence-corrected chi connectivity index (χ1v) is 3.98. The molecule has 13 heavy (non-hydrogen) atoms. The number of halogens is 2. The molecule has 72 valence electrons. The van der Waals surface area contributed by atoms with Gasteiger partial charge in [-0.15, -0.1) is 0 Å². The maximum absolute atomic E-state index is 12.1. The molecule has 0 bridgehead atoms. The summed E-state index contributed by atoms with van der Waals surface area (Å²) in [6.45, 7) is 0.0680. The summed E-state index contributed by atoms with van der Waals surface area (Å²) in [5.74, 6) is 0.433. The summed E-state index contributed by atoms with van der Waals surface area (Å²) in [4.78, 5) is 3.93. The molecular formula is C9H11F2NO. The molecule has 1 rings (SSSR count). The van der Waals surface area contributed by atoms with Gasteiger partial charge in [0.1, 0.15) is 19.1 Å². The van der Waals surface area contributed by atoms with Gasteiger partial charge in [-0.05, 0) is 19.1 Å². The van der Waals surface area contributed by atoms with Gasteiger partial charge in [0, 0.05) is 6.20 Å². The van der Waals surface area contributed by atoms with Gasteiger partial charge in [-0.2, -0.15) is 0 Å². The SMILES string of the molecule is Cc1ncccc1OC(CF)CF. The molecule has 4 heteroatoms. The summed E-state index contributed by atoms with van der Waals surface area (Å²) in [5.41, 5.74) is 0.634. The van der Waals surface area contributed by atoms with Crippen LogP contribution < -0.4 is 4.74 Å². The Bertz CT molecular complexity index is 264. The van der Waals surface area contributed by atoms with Gasteiger partial charge in [0.25, 0.3) is 0 Å². The van der Waals surface area contributed by atoms with E-state index in [1.807, 2.05) is 0 Å². The van der Waals surface area contributed by atoms with Crippen molar-refractivity contribution in [2.45, 2.75) is 13.0 Å². The highest BCUT2D eigenvalue weighted by atomic mass is 19.1. The third kappa shape index (κ3) is 2.65. The molecule has 0 atom stereocenters. The molecule has 0 aromatic carbocycles. The zero-order valence-electron chi connectivity index (χ0n) is 7.34. The summed E-state index contributed by atoms with van der Waals surface area (Å²) in [6.07, 6.45) is 0.588. The summed E-state index contributed by atoms with van der Waals surface area (Å²) in [7, 11) is 0. The standard InChI is InChI=1S/C9H11F2NO/c1-7-9(3-2-4-12-7)13-8(5-10)6-11/h2-4,8H,5-6H2,1H3. The van der Waals surface area contributed by atoms with E-state index in [-0.39, 0.29) is 0 Å². The van der Waals surface area contributed by atoms with Crippen molar-refractivity contribution in [3.63, 3.8) is 0 Å². The van der Waals surface area contributed by atoms with Crippen molar-refractivity contribution in [3.05, 3.63) is 24.0 Å². The molecule has 0 N–H and O–H groups in total. The lowest BCUT2D eigenvalue weighted by Gasteiger charge is -2.13. The summed E-state index contributed by atoms with van der Waals surface area (Å²) in [6, 6.07) is 3.30. The van der Waals surface area contributed by atoms with Crippen LogP contribution in [-0.4, -0.2) is 24.4 Å². The minimum atomic E-state index is -1.01. The average molecular weight is 187 g/mol. The van der Waals surface area contributed by atoms with Crippen LogP contribution in [0.4, 0.5) is 8.78 Å². The van der Waals surface area contributed by atoms with E-state index in [2.05, 4.69) is 4.98 Å². The van der Waals surface area contributed by atoms with E-state index in [0.717, 1.165) is 0 Å². The fraction of sp³-hybridized carbons (Fsp3) is 0.444. The van der Waals surface area contributed by atoms with Crippen LogP contribution in [0.5, 0.6) is 5.75 Å². The molecule has 0 unspecified atom stereocenters. The van der Waals surface area contributed by atoms with Gasteiger partial charge in [0.15, 0.2) is 6.10 Å². The molecule has 0 saturated heterocycles. The monoisotopic (exact) mass is 187 g/mol. The fourth-order valence-corrected chi connectivity index (χ4v) is 0.878. The Morgan fingerprint density at radius 3 is 2.69 bits per heavy atom. The Morgan fingerprint density at radius 1 is 1.46 bits per heavy atom. The number of hydrogen-bond acceptors (Lipinski definition) is 2. The van der Waals surface area contributed by atoms with Gasteiger partial charge in [0.2, 0.25) is 0 Å². The molecule has 1 heterocycles. The molecule has 0 aliphatic heterocycles. The van der Waals surface area contributed by atoms with E-state index in [1.54, 1.807) is 25.3 Å². The van der Waals surface area contributed by atoms with Crippen molar-refractivity contribution in [3.8, 4) is 5.75 Å². The number of ether oxygens (including phenoxy) is 1. The number of alkyl halides is 2. The molecule has 1 aromatic heterocycles. The fourth-order valence-electron chi connectivity index (χ4n) is 0.878. The molecule has 0 aliphatic rings. The molecule has 0 spiro atoms. The number of aryl methyl sites for hydroxylation is 1. The van der Waals surface area contributed by atoms with Crippen LogP contribution in [0.1, 0.15) is 5.69 Å². The lowest BCUT2D eigenvalue weighted by atomic mass is 10.3. The van der Waals surface area contributed by atoms with Crippen LogP contribution in [0, 0.1) is 6.92 Å². The second kappa shape index (κ2) is 4.74. The maximum Gasteiger partial charge on any atom is 0.155 e. The molecule has 0 fully saturated rings. The van der Waals surface area contributed by atoms with Crippen LogP contribution >= 0.6 is 0 Å². The van der Waals surface area contributed by atoms with E-state index in [4.69, 9.17) is 4.74 Å². The molecule has 0 radical (unpaired) electrons. The average Bonchev–Trinajstić information content (AvgIpc) is 2.17. The topological polar surface area (TPSA) is 22.1 Å². The maximum atomic E-state index is 12.1. The molecule has 0 amide bonds. The second-order valence-corrected chi connectivity index (χ2v) is 2.64. The Balaban J connectivity index is 2.67. The van der Waals surface area contributed by atoms with Gasteiger partial charge in [-0.25, -0.2) is 8.78 Å².